The maximum atomic E-state index is 12.3. The predicted molar refractivity (Wildman–Crippen MR) is 159 cm³/mol. The molecular formula is C28H41N4O6P. The second-order valence-corrected chi connectivity index (χ2v) is 7.88. The van der Waals surface area contributed by atoms with Crippen molar-refractivity contribution in [3.63, 3.8) is 0 Å². The Morgan fingerprint density at radius 1 is 1.05 bits per heavy atom. The van der Waals surface area contributed by atoms with Gasteiger partial charge in [-0.15, -0.1) is 0 Å². The Balaban J connectivity index is 0.000000944. The van der Waals surface area contributed by atoms with Gasteiger partial charge in [0.2, 0.25) is 5.65 Å². The van der Waals surface area contributed by atoms with E-state index < -0.39 is 0 Å². The topological polar surface area (TPSA) is 117 Å². The molecule has 4 rings (SSSR count). The minimum absolute atomic E-state index is 0.231. The molecule has 0 aliphatic heterocycles. The van der Waals surface area contributed by atoms with Crippen molar-refractivity contribution in [2.45, 2.75) is 34.6 Å². The lowest BCUT2D eigenvalue weighted by Crippen LogP contribution is -2.12. The number of hydrogen-bond acceptors (Lipinski definition) is 7. The number of hydrogen-bond donors (Lipinski definition) is 1. The molecule has 214 valence electrons. The van der Waals surface area contributed by atoms with Crippen molar-refractivity contribution in [2.75, 3.05) is 41.7 Å². The van der Waals surface area contributed by atoms with Crippen LogP contribution in [0.3, 0.4) is 0 Å². The molecule has 0 radical (unpaired) electrons. The average Bonchev–Trinajstić information content (AvgIpc) is 3.55. The van der Waals surface area contributed by atoms with Gasteiger partial charge in [0.1, 0.15) is 14.8 Å². The molecule has 3 aromatic heterocycles. The molecular weight excluding hydrogens is 519 g/mol. The second kappa shape index (κ2) is 19.6. The molecule has 0 aliphatic carbocycles. The van der Waals surface area contributed by atoms with E-state index >= 15 is 0 Å². The van der Waals surface area contributed by atoms with E-state index in [2.05, 4.69) is 30.4 Å². The Morgan fingerprint density at radius 2 is 1.62 bits per heavy atom. The number of aromatic amines is 1. The first-order chi connectivity index (χ1) is 18.8. The van der Waals surface area contributed by atoms with Crippen LogP contribution >= 0.6 is 9.12 Å². The molecule has 0 amide bonds. The minimum atomic E-state index is -0.308. The SMILES string of the molecule is C/C=C/c1ccn(-c2cc3c(cc2C)[nH]c(=O)c2nc(C=O)c(C)n23)c1.CCOC.CCOC.COC.O=P. The number of fused-ring (bicyclic) bond motifs is 3. The number of methoxy groups -OCH3 is 3. The van der Waals surface area contributed by atoms with Gasteiger partial charge in [0, 0.05) is 54.0 Å². The first-order valence-corrected chi connectivity index (χ1v) is 12.6. The Kier molecular flexibility index (Phi) is 17.9. The lowest BCUT2D eigenvalue weighted by molar-refractivity contribution is 0.111. The molecule has 0 saturated heterocycles. The second-order valence-electron chi connectivity index (χ2n) is 7.88. The highest BCUT2D eigenvalue weighted by atomic mass is 31.0. The molecule has 39 heavy (non-hydrogen) atoms. The van der Waals surface area contributed by atoms with Crippen molar-refractivity contribution >= 4 is 38.2 Å². The molecule has 0 bridgehead atoms. The van der Waals surface area contributed by atoms with Gasteiger partial charge in [0.25, 0.3) is 5.56 Å². The smallest absolute Gasteiger partial charge is 0.292 e. The Bertz CT molecular complexity index is 1370. The van der Waals surface area contributed by atoms with E-state index in [0.717, 1.165) is 35.5 Å². The number of nitrogens with zero attached hydrogens (tertiary/aromatic N) is 3. The van der Waals surface area contributed by atoms with Gasteiger partial charge in [0.15, 0.2) is 6.29 Å². The van der Waals surface area contributed by atoms with Gasteiger partial charge in [-0.3, -0.25) is 18.6 Å². The summed E-state index contributed by atoms with van der Waals surface area (Å²) in [5.74, 6) is 0. The maximum Gasteiger partial charge on any atom is 0.292 e. The molecule has 0 saturated carbocycles. The van der Waals surface area contributed by atoms with Gasteiger partial charge >= 0.3 is 0 Å². The first kappa shape index (κ1) is 35.6. The summed E-state index contributed by atoms with van der Waals surface area (Å²) in [6, 6.07) is 6.00. The summed E-state index contributed by atoms with van der Waals surface area (Å²) >= 11 is 0. The average molecular weight is 561 g/mol. The van der Waals surface area contributed by atoms with Crippen molar-refractivity contribution in [1.82, 2.24) is 18.9 Å². The summed E-state index contributed by atoms with van der Waals surface area (Å²) in [7, 11) is 8.33. The van der Waals surface area contributed by atoms with E-state index in [0.29, 0.717) is 17.5 Å². The van der Waals surface area contributed by atoms with Crippen LogP contribution in [0.5, 0.6) is 0 Å². The van der Waals surface area contributed by atoms with Crippen LogP contribution in [0.25, 0.3) is 28.4 Å². The van der Waals surface area contributed by atoms with Crippen LogP contribution in [0.2, 0.25) is 0 Å². The van der Waals surface area contributed by atoms with E-state index in [-0.39, 0.29) is 16.9 Å². The minimum Gasteiger partial charge on any atom is -0.388 e. The molecule has 0 atom stereocenters. The quantitative estimate of drug-likeness (QED) is 0.254. The molecule has 1 aromatic carbocycles. The predicted octanol–water partition coefficient (Wildman–Crippen LogP) is 5.47. The number of ether oxygens (including phenoxy) is 3. The Labute approximate surface area is 232 Å². The fraction of sp³-hybridized carbons (Fsp3) is 0.393. The van der Waals surface area contributed by atoms with Crippen LogP contribution in [0.1, 0.15) is 48.1 Å². The third kappa shape index (κ3) is 10.00. The molecule has 3 heterocycles. The number of aromatic nitrogens is 4. The highest BCUT2D eigenvalue weighted by Crippen LogP contribution is 2.24. The van der Waals surface area contributed by atoms with Crippen LogP contribution in [-0.4, -0.2) is 66.9 Å². The van der Waals surface area contributed by atoms with E-state index in [1.54, 1.807) is 48.9 Å². The molecule has 4 aromatic rings. The van der Waals surface area contributed by atoms with Crippen LogP contribution < -0.4 is 5.56 Å². The highest BCUT2D eigenvalue weighted by molar-refractivity contribution is 7.00. The third-order valence-electron chi connectivity index (χ3n) is 5.19. The number of imidazole rings is 1. The van der Waals surface area contributed by atoms with E-state index in [9.17, 15) is 9.59 Å². The maximum absolute atomic E-state index is 12.3. The fourth-order valence-electron chi connectivity index (χ4n) is 3.36. The summed E-state index contributed by atoms with van der Waals surface area (Å²) in [5.41, 5.74) is 5.52. The molecule has 0 unspecified atom stereocenters. The number of allylic oxidation sites excluding steroid dienone is 1. The van der Waals surface area contributed by atoms with E-state index in [1.807, 2.05) is 68.8 Å². The molecule has 0 aliphatic rings. The highest BCUT2D eigenvalue weighted by Gasteiger charge is 2.15. The van der Waals surface area contributed by atoms with Crippen LogP contribution in [0.15, 0.2) is 41.5 Å². The number of aldehydes is 1. The zero-order chi connectivity index (χ0) is 30.0. The van der Waals surface area contributed by atoms with Crippen LogP contribution in [0, 0.1) is 13.8 Å². The summed E-state index contributed by atoms with van der Waals surface area (Å²) < 4.78 is 25.2. The van der Waals surface area contributed by atoms with Crippen LogP contribution in [-0.2, 0) is 18.8 Å². The monoisotopic (exact) mass is 560 g/mol. The molecule has 0 fully saturated rings. The largest absolute Gasteiger partial charge is 0.388 e. The summed E-state index contributed by atoms with van der Waals surface area (Å²) in [6.07, 6.45) is 8.77. The van der Waals surface area contributed by atoms with Gasteiger partial charge in [-0.2, -0.15) is 0 Å². The number of nitrogens with one attached hydrogen (secondary N) is 1. The number of carbonyl (C=O) groups excluding carboxylic acids is 1. The number of rotatable bonds is 5. The molecule has 11 heteroatoms. The third-order valence-corrected chi connectivity index (χ3v) is 5.19. The van der Waals surface area contributed by atoms with Gasteiger partial charge in [0.05, 0.1) is 22.4 Å². The van der Waals surface area contributed by atoms with Gasteiger partial charge in [-0.05, 0) is 63.9 Å². The summed E-state index contributed by atoms with van der Waals surface area (Å²) in [5, 5.41) is 0. The Morgan fingerprint density at radius 3 is 2.10 bits per heavy atom. The normalized spacial score (nSPS) is 9.97. The van der Waals surface area contributed by atoms with Crippen LogP contribution in [0.4, 0.5) is 0 Å². The van der Waals surface area contributed by atoms with E-state index in [1.165, 1.54) is 0 Å². The van der Waals surface area contributed by atoms with Crippen molar-refractivity contribution in [2.24, 2.45) is 0 Å². The molecule has 0 spiro atoms. The zero-order valence-electron chi connectivity index (χ0n) is 24.3. The summed E-state index contributed by atoms with van der Waals surface area (Å²) in [4.78, 5) is 30.6. The van der Waals surface area contributed by atoms with Gasteiger partial charge < -0.3 is 23.8 Å². The number of H-pyrrole nitrogens is 1. The summed E-state index contributed by atoms with van der Waals surface area (Å²) in [6.45, 7) is 11.3. The zero-order valence-corrected chi connectivity index (χ0v) is 25.3. The van der Waals surface area contributed by atoms with Crippen molar-refractivity contribution < 1.29 is 23.6 Å². The number of carbonyl (C=O) groups is 1. The lowest BCUT2D eigenvalue weighted by atomic mass is 10.1. The Hall–Kier alpha value is -3.43. The fourth-order valence-corrected chi connectivity index (χ4v) is 3.36. The first-order valence-electron chi connectivity index (χ1n) is 12.2. The lowest BCUT2D eigenvalue weighted by Gasteiger charge is -2.11. The van der Waals surface area contributed by atoms with E-state index in [4.69, 9.17) is 4.57 Å². The molecule has 10 nitrogen and oxygen atoms in total. The molecule has 1 N–H and O–H groups in total. The van der Waals surface area contributed by atoms with Crippen molar-refractivity contribution in [3.8, 4) is 5.69 Å². The van der Waals surface area contributed by atoms with Crippen molar-refractivity contribution in [3.05, 3.63) is 69.5 Å². The van der Waals surface area contributed by atoms with Gasteiger partial charge in [-0.1, -0.05) is 12.2 Å². The number of benzene rings is 1. The van der Waals surface area contributed by atoms with Gasteiger partial charge in [-0.25, -0.2) is 4.98 Å². The number of aryl methyl sites for hydroxylation is 2. The van der Waals surface area contributed by atoms with Crippen molar-refractivity contribution in [1.29, 1.82) is 0 Å². The standard InChI is InChI=1S/C20H18N4O2.2C3H8O.C2H6O.HOP/c1-4-5-14-6-7-23(10-14)17-9-18-15(8-12(17)2)22-20(26)19-21-16(11-25)13(3)24(18)19;2*1-3-4-2;1-3-2;1-2/h4-11H,1-3H3,(H,22,26);2*3H2,1-2H3;1-2H3;2H/b5-4+;;;;.